The van der Waals surface area contributed by atoms with Crippen LogP contribution in [0, 0.1) is 0 Å². The van der Waals surface area contributed by atoms with Crippen LogP contribution in [0.3, 0.4) is 0 Å². The third kappa shape index (κ3) is 24.6. The normalized spacial score (nSPS) is 11.7. The van der Waals surface area contributed by atoms with Gasteiger partial charge in [-0.2, -0.15) is 0 Å². The van der Waals surface area contributed by atoms with Crippen LogP contribution in [0.2, 0.25) is 0 Å². The molecule has 52 heavy (non-hydrogen) atoms. The predicted octanol–water partition coefficient (Wildman–Crippen LogP) is 13.7. The highest BCUT2D eigenvalue weighted by Crippen LogP contribution is 2.28. The van der Waals surface area contributed by atoms with Crippen molar-refractivity contribution >= 4 is 0 Å². The first kappa shape index (κ1) is 46.4. The molecule has 2 rings (SSSR count). The molecule has 0 spiro atoms. The molecule has 0 aliphatic carbocycles. The molecule has 0 unspecified atom stereocenters. The molecular weight excluding hydrogens is 637 g/mol. The Bertz CT molecular complexity index is 975. The molecule has 0 aliphatic heterocycles. The quantitative estimate of drug-likeness (QED) is 0.0649. The van der Waals surface area contributed by atoms with Crippen LogP contribution in [0.1, 0.15) is 179 Å². The summed E-state index contributed by atoms with van der Waals surface area (Å²) >= 11 is 0. The van der Waals surface area contributed by atoms with Crippen molar-refractivity contribution in [3.8, 4) is 11.1 Å². The molecule has 0 saturated heterocycles. The van der Waals surface area contributed by atoms with E-state index >= 15 is 0 Å². The van der Waals surface area contributed by atoms with Crippen molar-refractivity contribution < 1.29 is 9.47 Å². The highest BCUT2D eigenvalue weighted by molar-refractivity contribution is 5.70. The van der Waals surface area contributed by atoms with E-state index < -0.39 is 0 Å². The van der Waals surface area contributed by atoms with Crippen molar-refractivity contribution in [2.45, 2.75) is 181 Å². The number of unbranched alkanes of at least 4 members (excludes halogenated alkanes) is 20. The van der Waals surface area contributed by atoms with Gasteiger partial charge in [-0.3, -0.25) is 0 Å². The van der Waals surface area contributed by atoms with E-state index in [9.17, 15) is 0 Å². The minimum atomic E-state index is 0.659. The first-order valence-electron chi connectivity index (χ1n) is 22.3. The summed E-state index contributed by atoms with van der Waals surface area (Å²) in [4.78, 5) is 5.02. The molecule has 0 radical (unpaired) electrons. The summed E-state index contributed by atoms with van der Waals surface area (Å²) in [5, 5.41) is 0. The lowest BCUT2D eigenvalue weighted by molar-refractivity contribution is 0.114. The Balaban J connectivity index is 1.55. The Hall–Kier alpha value is -1.72. The maximum absolute atomic E-state index is 6.22. The lowest BCUT2D eigenvalue weighted by Crippen LogP contribution is -2.21. The molecule has 0 N–H and O–H groups in total. The van der Waals surface area contributed by atoms with E-state index in [1.54, 1.807) is 0 Å². The number of rotatable bonds is 37. The summed E-state index contributed by atoms with van der Waals surface area (Å²) in [6.45, 7) is 12.3. The minimum Gasteiger partial charge on any atom is -0.377 e. The Labute approximate surface area is 323 Å². The van der Waals surface area contributed by atoms with E-state index in [0.29, 0.717) is 13.2 Å². The van der Waals surface area contributed by atoms with Crippen molar-refractivity contribution in [2.24, 2.45) is 0 Å². The van der Waals surface area contributed by atoms with E-state index in [-0.39, 0.29) is 0 Å². The number of benzene rings is 2. The van der Waals surface area contributed by atoms with Crippen LogP contribution in [0.15, 0.2) is 48.5 Å². The molecule has 298 valence electrons. The van der Waals surface area contributed by atoms with Gasteiger partial charge in [0, 0.05) is 13.2 Å². The molecular formula is C48H84N2O2. The third-order valence-electron chi connectivity index (χ3n) is 10.8. The summed E-state index contributed by atoms with van der Waals surface area (Å²) < 4.78 is 12.4. The Morgan fingerprint density at radius 2 is 0.654 bits per heavy atom. The Morgan fingerprint density at radius 1 is 0.365 bits per heavy atom. The summed E-state index contributed by atoms with van der Waals surface area (Å²) in [5.74, 6) is 0. The van der Waals surface area contributed by atoms with Gasteiger partial charge in [0.15, 0.2) is 0 Å². The van der Waals surface area contributed by atoms with Gasteiger partial charge in [0.05, 0.1) is 13.2 Å². The van der Waals surface area contributed by atoms with Crippen molar-refractivity contribution in [3.63, 3.8) is 0 Å². The standard InChI is InChI=1S/C48H84N2O2/c1-5-7-9-11-13-15-17-19-21-27-37-49(3)39-29-31-41-51-43-45-33-23-25-35-47(45)48-36-26-24-34-46(48)44-52-42-32-30-40-50(4)38-28-22-20-18-16-14-12-10-8-6-2/h23-26,33-36H,5-22,27-32,37-44H2,1-4H3. The largest absolute Gasteiger partial charge is 0.377 e. The molecule has 0 saturated carbocycles. The van der Waals surface area contributed by atoms with E-state index in [1.165, 1.54) is 190 Å². The van der Waals surface area contributed by atoms with Gasteiger partial charge >= 0.3 is 0 Å². The minimum absolute atomic E-state index is 0.659. The fourth-order valence-electron chi connectivity index (χ4n) is 7.32. The van der Waals surface area contributed by atoms with Crippen molar-refractivity contribution in [2.75, 3.05) is 53.5 Å². The fourth-order valence-corrected chi connectivity index (χ4v) is 7.32. The van der Waals surface area contributed by atoms with Crippen molar-refractivity contribution in [1.29, 1.82) is 0 Å². The Morgan fingerprint density at radius 3 is 1.00 bits per heavy atom. The molecule has 0 atom stereocenters. The molecule has 0 aromatic heterocycles. The lowest BCUT2D eigenvalue weighted by Gasteiger charge is -2.17. The summed E-state index contributed by atoms with van der Waals surface area (Å²) in [7, 11) is 4.57. The highest BCUT2D eigenvalue weighted by Gasteiger charge is 2.10. The molecule has 0 bridgehead atoms. The summed E-state index contributed by atoms with van der Waals surface area (Å²) in [6.07, 6.45) is 32.7. The first-order chi connectivity index (χ1) is 25.7. The average Bonchev–Trinajstić information content (AvgIpc) is 3.16. The third-order valence-corrected chi connectivity index (χ3v) is 10.8. The van der Waals surface area contributed by atoms with Crippen molar-refractivity contribution in [3.05, 3.63) is 59.7 Å². The predicted molar refractivity (Wildman–Crippen MR) is 228 cm³/mol. The monoisotopic (exact) mass is 721 g/mol. The summed E-state index contributed by atoms with van der Waals surface area (Å²) in [5.41, 5.74) is 5.06. The van der Waals surface area contributed by atoms with Gasteiger partial charge in [-0.1, -0.05) is 178 Å². The van der Waals surface area contributed by atoms with Crippen LogP contribution in [0.25, 0.3) is 11.1 Å². The van der Waals surface area contributed by atoms with Gasteiger partial charge in [-0.15, -0.1) is 0 Å². The van der Waals surface area contributed by atoms with Gasteiger partial charge in [0.2, 0.25) is 0 Å². The zero-order chi connectivity index (χ0) is 37.2. The second-order valence-electron chi connectivity index (χ2n) is 15.8. The molecule has 0 aliphatic rings. The highest BCUT2D eigenvalue weighted by atomic mass is 16.5. The van der Waals surface area contributed by atoms with Gasteiger partial charge in [-0.05, 0) is 101 Å². The van der Waals surface area contributed by atoms with E-state index in [4.69, 9.17) is 9.47 Å². The molecule has 0 amide bonds. The lowest BCUT2D eigenvalue weighted by atomic mass is 9.96. The fraction of sp³-hybridized carbons (Fsp3) is 0.750. The second kappa shape index (κ2) is 33.8. The van der Waals surface area contributed by atoms with Gasteiger partial charge in [0.1, 0.15) is 0 Å². The van der Waals surface area contributed by atoms with Gasteiger partial charge in [-0.25, -0.2) is 0 Å². The number of hydrogen-bond acceptors (Lipinski definition) is 4. The van der Waals surface area contributed by atoms with Gasteiger partial charge in [0.25, 0.3) is 0 Å². The molecule has 4 nitrogen and oxygen atoms in total. The smallest absolute Gasteiger partial charge is 0.0722 e. The second-order valence-corrected chi connectivity index (χ2v) is 15.8. The SMILES string of the molecule is CCCCCCCCCCCCN(C)CCCCOCc1ccccc1-c1ccccc1COCCCCN(C)CCCCCCCCCCCC. The number of nitrogens with zero attached hydrogens (tertiary/aromatic N) is 2. The maximum atomic E-state index is 6.22. The number of ether oxygens (including phenoxy) is 2. The topological polar surface area (TPSA) is 24.9 Å². The molecule has 2 aromatic rings. The average molecular weight is 721 g/mol. The van der Waals surface area contributed by atoms with Crippen molar-refractivity contribution in [1.82, 2.24) is 9.80 Å². The molecule has 4 heteroatoms. The maximum Gasteiger partial charge on any atom is 0.0722 e. The molecule has 0 heterocycles. The van der Waals surface area contributed by atoms with Crippen LogP contribution in [0.5, 0.6) is 0 Å². The number of hydrogen-bond donors (Lipinski definition) is 0. The zero-order valence-electron chi connectivity index (χ0n) is 35.0. The molecule has 2 aromatic carbocycles. The van der Waals surface area contributed by atoms with Crippen LogP contribution in [0.4, 0.5) is 0 Å². The zero-order valence-corrected chi connectivity index (χ0v) is 35.0. The van der Waals surface area contributed by atoms with E-state index in [0.717, 1.165) is 26.1 Å². The van der Waals surface area contributed by atoms with Gasteiger partial charge < -0.3 is 19.3 Å². The van der Waals surface area contributed by atoms with E-state index in [1.807, 2.05) is 0 Å². The first-order valence-corrected chi connectivity index (χ1v) is 22.3. The van der Waals surface area contributed by atoms with Crippen LogP contribution in [-0.4, -0.2) is 63.3 Å². The summed E-state index contributed by atoms with van der Waals surface area (Å²) in [6, 6.07) is 17.5. The van der Waals surface area contributed by atoms with Crippen LogP contribution < -0.4 is 0 Å². The van der Waals surface area contributed by atoms with E-state index in [2.05, 4.69) is 86.3 Å². The van der Waals surface area contributed by atoms with Crippen LogP contribution in [-0.2, 0) is 22.7 Å². The van der Waals surface area contributed by atoms with Crippen LogP contribution >= 0.6 is 0 Å². The Kier molecular flexibility index (Phi) is 30.2. The molecule has 0 fully saturated rings.